The van der Waals surface area contributed by atoms with Crippen LogP contribution in [-0.4, -0.2) is 31.5 Å². The van der Waals surface area contributed by atoms with Gasteiger partial charge in [-0.25, -0.2) is 4.79 Å². The molecular formula is C22H17N5O6S. The van der Waals surface area contributed by atoms with Gasteiger partial charge in [-0.3, -0.25) is 10.1 Å². The first kappa shape index (κ1) is 21.5. The zero-order chi connectivity index (χ0) is 23.9. The van der Waals surface area contributed by atoms with E-state index in [0.717, 1.165) is 22.7 Å². The lowest BCUT2D eigenvalue weighted by Gasteiger charge is -2.08. The third kappa shape index (κ3) is 3.93. The lowest BCUT2D eigenvalue weighted by Crippen LogP contribution is -2.19. The topological polar surface area (TPSA) is 167 Å². The van der Waals surface area contributed by atoms with Crippen LogP contribution >= 0.6 is 11.5 Å². The normalized spacial score (nSPS) is 13.8. The molecule has 4 aromatic rings. The number of carboxylic acid groups (broad SMARTS) is 1. The molecule has 4 N–H and O–H groups in total. The molecule has 1 amide bonds. The van der Waals surface area contributed by atoms with Crippen molar-refractivity contribution < 1.29 is 28.3 Å². The lowest BCUT2D eigenvalue weighted by atomic mass is 10.1. The van der Waals surface area contributed by atoms with Gasteiger partial charge in [0.15, 0.2) is 5.82 Å². The van der Waals surface area contributed by atoms with Crippen LogP contribution in [-0.2, 0) is 21.6 Å². The molecule has 0 unspecified atom stereocenters. The minimum Gasteiger partial charge on any atom is -0.480 e. The third-order valence-corrected chi connectivity index (χ3v) is 6.17. The molecule has 34 heavy (non-hydrogen) atoms. The van der Waals surface area contributed by atoms with Gasteiger partial charge in [0.05, 0.1) is 0 Å². The Morgan fingerprint density at radius 1 is 1.24 bits per heavy atom. The first-order valence-electron chi connectivity index (χ1n) is 10.1. The molecule has 1 aliphatic rings. The Balaban J connectivity index is 1.29. The van der Waals surface area contributed by atoms with Crippen molar-refractivity contribution in [3.63, 3.8) is 0 Å². The standard InChI is InChI=1S/C22H17N5O6S/c1-11-4-2-3-5-12(11)10-31-21(30)25-15-13(34-27-16(15)23)6-7-14-24-17-18(32-14)26-19(33-17)22(8-9-22)20(28)29/h2-5H,8-10H2,1H3,(H2,23,27)(H,25,30)(H,28,29). The average Bonchev–Trinajstić information content (AvgIpc) is 3.25. The molecule has 1 saturated carbocycles. The highest BCUT2D eigenvalue weighted by Gasteiger charge is 2.56. The van der Waals surface area contributed by atoms with E-state index in [0.29, 0.717) is 17.7 Å². The van der Waals surface area contributed by atoms with E-state index in [1.165, 1.54) is 0 Å². The second-order valence-electron chi connectivity index (χ2n) is 7.69. The van der Waals surface area contributed by atoms with Crippen LogP contribution in [0.3, 0.4) is 0 Å². The SMILES string of the molecule is Cc1ccccc1COC(=O)Nc1c(N)nsc1C#Cc1nc2oc(C3(C(=O)O)CC3)nc2o1. The van der Waals surface area contributed by atoms with Crippen molar-refractivity contribution in [2.24, 2.45) is 0 Å². The van der Waals surface area contributed by atoms with Gasteiger partial charge in [0.1, 0.15) is 22.6 Å². The number of hydrogen-bond donors (Lipinski definition) is 3. The number of hydrogen-bond acceptors (Lipinski definition) is 10. The van der Waals surface area contributed by atoms with Gasteiger partial charge in [-0.05, 0) is 54.3 Å². The van der Waals surface area contributed by atoms with Gasteiger partial charge in [-0.1, -0.05) is 24.3 Å². The van der Waals surface area contributed by atoms with Gasteiger partial charge in [0.2, 0.25) is 5.89 Å². The highest BCUT2D eigenvalue weighted by molar-refractivity contribution is 7.07. The maximum absolute atomic E-state index is 12.3. The summed E-state index contributed by atoms with van der Waals surface area (Å²) >= 11 is 0.988. The van der Waals surface area contributed by atoms with Crippen molar-refractivity contribution in [1.29, 1.82) is 0 Å². The van der Waals surface area contributed by atoms with Crippen LogP contribution in [0.15, 0.2) is 33.1 Å². The molecule has 0 spiro atoms. The molecule has 5 rings (SSSR count). The third-order valence-electron chi connectivity index (χ3n) is 5.39. The van der Waals surface area contributed by atoms with Crippen LogP contribution in [0.4, 0.5) is 16.3 Å². The Morgan fingerprint density at radius 2 is 2.00 bits per heavy atom. The maximum Gasteiger partial charge on any atom is 0.412 e. The van der Waals surface area contributed by atoms with Gasteiger partial charge in [0, 0.05) is 0 Å². The van der Waals surface area contributed by atoms with Crippen molar-refractivity contribution >= 4 is 46.5 Å². The summed E-state index contributed by atoms with van der Waals surface area (Å²) in [5.74, 6) is 4.69. The van der Waals surface area contributed by atoms with E-state index in [1.54, 1.807) is 0 Å². The first-order valence-corrected chi connectivity index (χ1v) is 10.9. The van der Waals surface area contributed by atoms with Crippen LogP contribution in [0.1, 0.15) is 40.6 Å². The number of ether oxygens (including phenoxy) is 1. The predicted octanol–water partition coefficient (Wildman–Crippen LogP) is 3.43. The van der Waals surface area contributed by atoms with Crippen molar-refractivity contribution in [1.82, 2.24) is 14.3 Å². The van der Waals surface area contributed by atoms with Gasteiger partial charge in [-0.2, -0.15) is 14.3 Å². The number of anilines is 2. The van der Waals surface area contributed by atoms with E-state index >= 15 is 0 Å². The molecule has 0 saturated heterocycles. The average molecular weight is 479 g/mol. The lowest BCUT2D eigenvalue weighted by molar-refractivity contribution is -0.140. The fraction of sp³-hybridized carbons (Fsp3) is 0.227. The quantitative estimate of drug-likeness (QED) is 0.361. The Morgan fingerprint density at radius 3 is 2.71 bits per heavy atom. The Labute approximate surface area is 196 Å². The van der Waals surface area contributed by atoms with Gasteiger partial charge < -0.3 is 24.4 Å². The van der Waals surface area contributed by atoms with E-state index in [4.69, 9.17) is 19.3 Å². The molecule has 3 aromatic heterocycles. The molecule has 11 nitrogen and oxygen atoms in total. The van der Waals surface area contributed by atoms with Crippen LogP contribution in [0, 0.1) is 18.8 Å². The van der Waals surface area contributed by atoms with Crippen molar-refractivity contribution in [3.8, 4) is 11.8 Å². The molecule has 12 heteroatoms. The molecule has 1 fully saturated rings. The molecule has 1 aliphatic carbocycles. The van der Waals surface area contributed by atoms with E-state index in [9.17, 15) is 14.7 Å². The first-order chi connectivity index (χ1) is 16.4. The monoisotopic (exact) mass is 479 g/mol. The Kier molecular flexibility index (Phi) is 5.18. The summed E-state index contributed by atoms with van der Waals surface area (Å²) in [4.78, 5) is 32.3. The molecule has 172 valence electrons. The molecule has 0 bridgehead atoms. The number of nitrogens with two attached hydrogens (primary N) is 1. The number of carbonyl (C=O) groups is 2. The van der Waals surface area contributed by atoms with E-state index in [-0.39, 0.29) is 41.3 Å². The number of aryl methyl sites for hydroxylation is 1. The van der Waals surface area contributed by atoms with Crippen LogP contribution < -0.4 is 11.1 Å². The van der Waals surface area contributed by atoms with E-state index in [2.05, 4.69) is 31.5 Å². The molecule has 3 heterocycles. The number of nitrogen functional groups attached to an aromatic ring is 1. The second-order valence-corrected chi connectivity index (χ2v) is 8.46. The molecule has 0 radical (unpaired) electrons. The number of nitrogens with one attached hydrogen (secondary N) is 1. The number of aromatic nitrogens is 3. The summed E-state index contributed by atoms with van der Waals surface area (Å²) in [5.41, 5.74) is 7.02. The van der Waals surface area contributed by atoms with Crippen LogP contribution in [0.25, 0.3) is 11.4 Å². The van der Waals surface area contributed by atoms with E-state index < -0.39 is 17.5 Å². The summed E-state index contributed by atoms with van der Waals surface area (Å²) < 4.78 is 20.2. The highest BCUT2D eigenvalue weighted by atomic mass is 32.1. The maximum atomic E-state index is 12.3. The Hall–Kier alpha value is -4.37. The predicted molar refractivity (Wildman–Crippen MR) is 120 cm³/mol. The van der Waals surface area contributed by atoms with Gasteiger partial charge in [-0.15, -0.1) is 0 Å². The number of amides is 1. The number of rotatable bonds is 5. The van der Waals surface area contributed by atoms with Crippen molar-refractivity contribution in [2.45, 2.75) is 31.8 Å². The fourth-order valence-electron chi connectivity index (χ4n) is 3.22. The molecule has 0 atom stereocenters. The summed E-state index contributed by atoms with van der Waals surface area (Å²) in [6.45, 7) is 2.03. The second kappa shape index (κ2) is 8.20. The summed E-state index contributed by atoms with van der Waals surface area (Å²) in [6, 6.07) is 7.57. The fourth-order valence-corrected chi connectivity index (χ4v) is 3.84. The number of nitrogens with zero attached hydrogens (tertiary/aromatic N) is 3. The molecular weight excluding hydrogens is 462 g/mol. The molecule has 1 aromatic carbocycles. The highest BCUT2D eigenvalue weighted by Crippen LogP contribution is 2.48. The smallest absolute Gasteiger partial charge is 0.412 e. The largest absolute Gasteiger partial charge is 0.480 e. The van der Waals surface area contributed by atoms with Crippen molar-refractivity contribution in [3.05, 3.63) is 52.1 Å². The summed E-state index contributed by atoms with van der Waals surface area (Å²) in [5, 5.41) is 11.9. The van der Waals surface area contributed by atoms with Gasteiger partial charge in [0.25, 0.3) is 17.3 Å². The van der Waals surface area contributed by atoms with Crippen LogP contribution in [0.2, 0.25) is 0 Å². The zero-order valence-corrected chi connectivity index (χ0v) is 18.6. The Bertz CT molecular complexity index is 1450. The minimum atomic E-state index is -1.09. The number of carboxylic acids is 1. The summed E-state index contributed by atoms with van der Waals surface area (Å²) in [7, 11) is 0. The minimum absolute atomic E-state index is 0.00743. The number of aliphatic carboxylic acids is 1. The number of fused-ring (bicyclic) bond motifs is 1. The number of benzene rings is 1. The zero-order valence-electron chi connectivity index (χ0n) is 17.7. The number of oxazole rings is 2. The number of carbonyl (C=O) groups excluding carboxylic acids is 1. The van der Waals surface area contributed by atoms with Crippen molar-refractivity contribution in [2.75, 3.05) is 11.1 Å². The summed E-state index contributed by atoms with van der Waals surface area (Å²) in [6.07, 6.45) is 0.207. The van der Waals surface area contributed by atoms with E-state index in [1.807, 2.05) is 31.2 Å². The van der Waals surface area contributed by atoms with Gasteiger partial charge >= 0.3 is 12.1 Å². The molecule has 0 aliphatic heterocycles. The van der Waals surface area contributed by atoms with Crippen LogP contribution in [0.5, 0.6) is 0 Å².